The molecule has 0 radical (unpaired) electrons. The summed E-state index contributed by atoms with van der Waals surface area (Å²) in [5, 5.41) is 0. The van der Waals surface area contributed by atoms with E-state index in [1.165, 1.54) is 0 Å². The molecule has 1 amide bonds. The van der Waals surface area contributed by atoms with Crippen molar-refractivity contribution in [2.45, 2.75) is 18.9 Å². The summed E-state index contributed by atoms with van der Waals surface area (Å²) in [5.74, 6) is 2.10. The maximum atomic E-state index is 12.3. The molecule has 112 valence electrons. The largest absolute Gasteiger partial charge is 0.467 e. The van der Waals surface area contributed by atoms with Crippen LogP contribution in [0.3, 0.4) is 0 Å². The predicted octanol–water partition coefficient (Wildman–Crippen LogP) is 2.68. The first kappa shape index (κ1) is 13.1. The molecule has 1 saturated heterocycles. The zero-order valence-corrected chi connectivity index (χ0v) is 12.4. The molecule has 0 saturated carbocycles. The van der Waals surface area contributed by atoms with Gasteiger partial charge in [-0.2, -0.15) is 0 Å². The Bertz CT molecular complexity index is 820. The van der Waals surface area contributed by atoms with Crippen molar-refractivity contribution < 1.29 is 9.21 Å². The molecule has 5 nitrogen and oxygen atoms in total. The molecule has 0 aliphatic carbocycles. The summed E-state index contributed by atoms with van der Waals surface area (Å²) < 4.78 is 7.44. The van der Waals surface area contributed by atoms with E-state index in [0.717, 1.165) is 22.6 Å². The van der Waals surface area contributed by atoms with Crippen LogP contribution < -0.4 is 0 Å². The summed E-state index contributed by atoms with van der Waals surface area (Å²) in [5.41, 5.74) is 2.09. The molecule has 1 aromatic carbocycles. The minimum absolute atomic E-state index is 0.139. The topological polar surface area (TPSA) is 51.3 Å². The second-order valence-electron chi connectivity index (χ2n) is 5.77. The molecule has 0 bridgehead atoms. The number of nitrogens with zero attached hydrogens (tertiary/aromatic N) is 3. The predicted molar refractivity (Wildman–Crippen MR) is 82.2 cm³/mol. The lowest BCUT2D eigenvalue weighted by atomic mass is 10.1. The van der Waals surface area contributed by atoms with Crippen molar-refractivity contribution in [2.24, 2.45) is 7.05 Å². The van der Waals surface area contributed by atoms with E-state index in [9.17, 15) is 4.79 Å². The van der Waals surface area contributed by atoms with Crippen LogP contribution in [0.5, 0.6) is 0 Å². The number of rotatable bonds is 3. The Balaban J connectivity index is 1.60. The maximum absolute atomic E-state index is 12.3. The first-order chi connectivity index (χ1) is 10.7. The second-order valence-corrected chi connectivity index (χ2v) is 5.77. The summed E-state index contributed by atoms with van der Waals surface area (Å²) >= 11 is 0. The van der Waals surface area contributed by atoms with Gasteiger partial charge in [0.2, 0.25) is 5.91 Å². The third-order valence-electron chi connectivity index (χ3n) is 4.33. The standard InChI is InChI=1S/C17H17N3O2/c1-19-15-7-3-2-6-14(15)18-17(19)12-9-16(21)20(10-12)11-13-5-4-8-22-13/h2-8,12H,9-11H2,1H3/t12-/m1/s1. The van der Waals surface area contributed by atoms with Crippen LogP contribution >= 0.6 is 0 Å². The zero-order chi connectivity index (χ0) is 15.1. The van der Waals surface area contributed by atoms with Crippen molar-refractivity contribution >= 4 is 16.9 Å². The van der Waals surface area contributed by atoms with Crippen LogP contribution in [-0.4, -0.2) is 26.9 Å². The Hall–Kier alpha value is -2.56. The number of likely N-dealkylation sites (tertiary alicyclic amines) is 1. The van der Waals surface area contributed by atoms with E-state index in [0.29, 0.717) is 19.5 Å². The maximum Gasteiger partial charge on any atom is 0.223 e. The molecule has 0 spiro atoms. The van der Waals surface area contributed by atoms with Crippen molar-refractivity contribution in [3.05, 3.63) is 54.2 Å². The van der Waals surface area contributed by atoms with Crippen LogP contribution in [0.2, 0.25) is 0 Å². The fraction of sp³-hybridized carbons (Fsp3) is 0.294. The van der Waals surface area contributed by atoms with E-state index in [-0.39, 0.29) is 11.8 Å². The minimum atomic E-state index is 0.139. The van der Waals surface area contributed by atoms with Gasteiger partial charge in [-0.25, -0.2) is 4.98 Å². The van der Waals surface area contributed by atoms with E-state index in [1.54, 1.807) is 6.26 Å². The number of fused-ring (bicyclic) bond motifs is 1. The summed E-state index contributed by atoms with van der Waals surface area (Å²) in [6.45, 7) is 1.23. The molecule has 3 aromatic rings. The summed E-state index contributed by atoms with van der Waals surface area (Å²) in [6.07, 6.45) is 2.15. The van der Waals surface area contributed by atoms with Gasteiger partial charge in [0, 0.05) is 25.9 Å². The van der Waals surface area contributed by atoms with Crippen molar-refractivity contribution in [3.8, 4) is 0 Å². The number of furan rings is 1. The highest BCUT2D eigenvalue weighted by Crippen LogP contribution is 2.30. The van der Waals surface area contributed by atoms with Crippen LogP contribution in [0, 0.1) is 0 Å². The quantitative estimate of drug-likeness (QED) is 0.746. The van der Waals surface area contributed by atoms with E-state index in [4.69, 9.17) is 9.40 Å². The van der Waals surface area contributed by atoms with Gasteiger partial charge < -0.3 is 13.9 Å². The fourth-order valence-electron chi connectivity index (χ4n) is 3.22. The van der Waals surface area contributed by atoms with E-state index in [1.807, 2.05) is 42.3 Å². The van der Waals surface area contributed by atoms with Gasteiger partial charge in [0.25, 0.3) is 0 Å². The number of benzene rings is 1. The van der Waals surface area contributed by atoms with Crippen molar-refractivity contribution in [3.63, 3.8) is 0 Å². The molecular formula is C17H17N3O2. The van der Waals surface area contributed by atoms with Crippen LogP contribution in [0.4, 0.5) is 0 Å². The Labute approximate surface area is 128 Å². The van der Waals surface area contributed by atoms with E-state index < -0.39 is 0 Å². The fourth-order valence-corrected chi connectivity index (χ4v) is 3.22. The second kappa shape index (κ2) is 5.02. The first-order valence-electron chi connectivity index (χ1n) is 7.44. The number of para-hydroxylation sites is 2. The van der Waals surface area contributed by atoms with E-state index in [2.05, 4.69) is 10.6 Å². The monoisotopic (exact) mass is 295 g/mol. The van der Waals surface area contributed by atoms with Crippen LogP contribution in [0.1, 0.15) is 23.9 Å². The highest BCUT2D eigenvalue weighted by atomic mass is 16.3. The molecule has 1 aliphatic heterocycles. The van der Waals surface area contributed by atoms with Gasteiger partial charge in [0.15, 0.2) is 0 Å². The average Bonchev–Trinajstić information content (AvgIpc) is 3.22. The number of hydrogen-bond donors (Lipinski definition) is 0. The highest BCUT2D eigenvalue weighted by Gasteiger charge is 2.33. The van der Waals surface area contributed by atoms with Crippen molar-refractivity contribution in [1.29, 1.82) is 0 Å². The molecule has 3 heterocycles. The van der Waals surface area contributed by atoms with Gasteiger partial charge in [-0.05, 0) is 24.3 Å². The van der Waals surface area contributed by atoms with Gasteiger partial charge in [-0.15, -0.1) is 0 Å². The third-order valence-corrected chi connectivity index (χ3v) is 4.33. The molecule has 4 rings (SSSR count). The third kappa shape index (κ3) is 2.09. The van der Waals surface area contributed by atoms with Crippen LogP contribution in [0.15, 0.2) is 47.1 Å². The molecule has 1 fully saturated rings. The smallest absolute Gasteiger partial charge is 0.223 e. The van der Waals surface area contributed by atoms with Gasteiger partial charge >= 0.3 is 0 Å². The SMILES string of the molecule is Cn1c([C@@H]2CC(=O)N(Cc3ccco3)C2)nc2ccccc21. The molecule has 22 heavy (non-hydrogen) atoms. The number of aromatic nitrogens is 2. The Morgan fingerprint density at radius 3 is 2.91 bits per heavy atom. The lowest BCUT2D eigenvalue weighted by Crippen LogP contribution is -2.24. The Morgan fingerprint density at radius 1 is 1.27 bits per heavy atom. The summed E-state index contributed by atoms with van der Waals surface area (Å²) in [6, 6.07) is 11.8. The lowest BCUT2D eigenvalue weighted by molar-refractivity contribution is -0.128. The molecule has 5 heteroatoms. The molecule has 1 atom stereocenters. The number of imidazole rings is 1. The van der Waals surface area contributed by atoms with Gasteiger partial charge in [0.1, 0.15) is 11.6 Å². The Kier molecular flexibility index (Phi) is 2.99. The van der Waals surface area contributed by atoms with Crippen LogP contribution in [-0.2, 0) is 18.4 Å². The number of carbonyl (C=O) groups excluding carboxylic acids is 1. The van der Waals surface area contributed by atoms with Crippen molar-refractivity contribution in [1.82, 2.24) is 14.5 Å². The van der Waals surface area contributed by atoms with Gasteiger partial charge in [-0.1, -0.05) is 12.1 Å². The van der Waals surface area contributed by atoms with Gasteiger partial charge in [-0.3, -0.25) is 4.79 Å². The minimum Gasteiger partial charge on any atom is -0.467 e. The number of aryl methyl sites for hydroxylation is 1. The summed E-state index contributed by atoms with van der Waals surface area (Å²) in [7, 11) is 2.02. The highest BCUT2D eigenvalue weighted by molar-refractivity contribution is 5.80. The summed E-state index contributed by atoms with van der Waals surface area (Å²) in [4.78, 5) is 18.8. The number of carbonyl (C=O) groups is 1. The molecule has 2 aromatic heterocycles. The van der Waals surface area contributed by atoms with Gasteiger partial charge in [0.05, 0.1) is 23.8 Å². The van der Waals surface area contributed by atoms with E-state index >= 15 is 0 Å². The molecule has 0 N–H and O–H groups in total. The normalized spacial score (nSPS) is 18.5. The Morgan fingerprint density at radius 2 is 2.14 bits per heavy atom. The van der Waals surface area contributed by atoms with Crippen molar-refractivity contribution in [2.75, 3.05) is 6.54 Å². The zero-order valence-electron chi connectivity index (χ0n) is 12.4. The molecule has 0 unspecified atom stereocenters. The van der Waals surface area contributed by atoms with Crippen LogP contribution in [0.25, 0.3) is 11.0 Å². The number of hydrogen-bond acceptors (Lipinski definition) is 3. The number of amides is 1. The lowest BCUT2D eigenvalue weighted by Gasteiger charge is -2.15. The molecule has 1 aliphatic rings. The average molecular weight is 295 g/mol. The molecular weight excluding hydrogens is 278 g/mol. The first-order valence-corrected chi connectivity index (χ1v) is 7.44.